The van der Waals surface area contributed by atoms with Crippen LogP contribution >= 0.6 is 0 Å². The van der Waals surface area contributed by atoms with Gasteiger partial charge in [-0.2, -0.15) is 0 Å². The summed E-state index contributed by atoms with van der Waals surface area (Å²) in [6.45, 7) is 10.4. The van der Waals surface area contributed by atoms with Crippen molar-refractivity contribution in [3.8, 4) is 45.6 Å². The predicted octanol–water partition coefficient (Wildman–Crippen LogP) is 4.40. The van der Waals surface area contributed by atoms with Crippen LogP contribution in [0.3, 0.4) is 0 Å². The standard InChI is InChI=1S/C70H80N18O8/c1-47-5-17-71-55(39-47)59-43-51(9-21-75-59)67(93)83-29-25-79-63(89)13-33-87(34-14-64(90)80-26-30-84-68(94)52-10-22-76-60(44-52)56-40-48(2)6-18-72-56)37-38-88(35-15-65(91)81-27-31-85-69(95)53-11-23-77-61(45-53)57-41-49(3)7-19-73-57)36-16-66(92)82-28-32-86-70(96)54-12-24-78-62(46-54)58-42-50(4)8-20-74-58/h5-12,17-24,39-46H,13-16,25-38H2,1-4H3,(H,79,89)(H,80,90)(H,81,91)(H,82,92)(H,83,93)(H,84,94)(H,85,95)(H,86,96). The summed E-state index contributed by atoms with van der Waals surface area (Å²) in [5, 5.41) is 22.8. The van der Waals surface area contributed by atoms with Gasteiger partial charge in [-0.15, -0.1) is 0 Å². The van der Waals surface area contributed by atoms with Gasteiger partial charge in [-0.05, 0) is 147 Å². The fourth-order valence-corrected chi connectivity index (χ4v) is 9.82. The summed E-state index contributed by atoms with van der Waals surface area (Å²) in [6, 6.07) is 28.0. The largest absolute Gasteiger partial charge is 0.354 e. The molecule has 498 valence electrons. The van der Waals surface area contributed by atoms with E-state index in [4.69, 9.17) is 0 Å². The number of nitrogens with one attached hydrogen (secondary N) is 8. The van der Waals surface area contributed by atoms with Crippen LogP contribution in [0, 0.1) is 27.7 Å². The van der Waals surface area contributed by atoms with Crippen LogP contribution in [0.2, 0.25) is 0 Å². The molecule has 8 rings (SSSR count). The number of hydrogen-bond donors (Lipinski definition) is 8. The number of hydrogen-bond acceptors (Lipinski definition) is 18. The highest BCUT2D eigenvalue weighted by Crippen LogP contribution is 2.20. The lowest BCUT2D eigenvalue weighted by Crippen LogP contribution is -2.42. The van der Waals surface area contributed by atoms with E-state index in [0.717, 1.165) is 22.3 Å². The summed E-state index contributed by atoms with van der Waals surface area (Å²) in [6.07, 6.45) is 13.0. The molecule has 8 aromatic heterocycles. The molecule has 8 N–H and O–H groups in total. The minimum atomic E-state index is -0.348. The van der Waals surface area contributed by atoms with Gasteiger partial charge in [-0.1, -0.05) is 0 Å². The van der Waals surface area contributed by atoms with Gasteiger partial charge < -0.3 is 52.3 Å². The Morgan fingerprint density at radius 3 is 0.656 bits per heavy atom. The molecule has 96 heavy (non-hydrogen) atoms. The van der Waals surface area contributed by atoms with Crippen LogP contribution < -0.4 is 42.5 Å². The topological polar surface area (TPSA) is 342 Å². The summed E-state index contributed by atoms with van der Waals surface area (Å²) >= 11 is 0. The lowest BCUT2D eigenvalue weighted by molar-refractivity contribution is -0.123. The quantitative estimate of drug-likeness (QED) is 0.0255. The van der Waals surface area contributed by atoms with Gasteiger partial charge in [-0.3, -0.25) is 78.2 Å². The maximum Gasteiger partial charge on any atom is 0.251 e. The molecule has 0 saturated carbocycles. The molecule has 26 heteroatoms. The van der Waals surface area contributed by atoms with Crippen LogP contribution in [0.25, 0.3) is 45.6 Å². The molecule has 0 radical (unpaired) electrons. The Balaban J connectivity index is 0.857. The van der Waals surface area contributed by atoms with E-state index in [1.165, 1.54) is 0 Å². The van der Waals surface area contributed by atoms with Gasteiger partial charge in [0.15, 0.2) is 0 Å². The number of rotatable bonds is 35. The smallest absolute Gasteiger partial charge is 0.251 e. The first-order valence-corrected chi connectivity index (χ1v) is 31.7. The van der Waals surface area contributed by atoms with Crippen LogP contribution in [0.15, 0.2) is 147 Å². The minimum Gasteiger partial charge on any atom is -0.354 e. The normalized spacial score (nSPS) is 10.9. The molecular formula is C70H80N18O8. The molecule has 0 spiro atoms. The van der Waals surface area contributed by atoms with Crippen LogP contribution in [0.1, 0.15) is 89.4 Å². The van der Waals surface area contributed by atoms with Gasteiger partial charge in [0, 0.05) is 189 Å². The number of nitrogens with zero attached hydrogens (tertiary/aromatic N) is 10. The Morgan fingerprint density at radius 1 is 0.260 bits per heavy atom. The van der Waals surface area contributed by atoms with Crippen molar-refractivity contribution < 1.29 is 38.4 Å². The SMILES string of the molecule is Cc1ccnc(-c2cc(C(=O)NCCNC(=O)CCN(CCC(=O)NCCNC(=O)c3ccnc(-c4cc(C)ccn4)c3)CCN(CCC(=O)NCCNC(=O)c3ccnc(-c4cc(C)ccn4)c3)CCC(=O)NCCNC(=O)c3ccnc(-c4cc(C)ccn4)c3)ccn2)c1. The van der Waals surface area contributed by atoms with Crippen molar-refractivity contribution in [2.45, 2.75) is 53.4 Å². The maximum atomic E-state index is 13.4. The average molecular weight is 1300 g/mol. The minimum absolute atomic E-state index is 0.0336. The first-order valence-electron chi connectivity index (χ1n) is 31.7. The second-order valence-electron chi connectivity index (χ2n) is 22.7. The Kier molecular flexibility index (Phi) is 27.2. The molecule has 0 aromatic carbocycles. The monoisotopic (exact) mass is 1300 g/mol. The summed E-state index contributed by atoms with van der Waals surface area (Å²) in [5.41, 5.74) is 10.3. The first-order chi connectivity index (χ1) is 46.5. The second-order valence-corrected chi connectivity index (χ2v) is 22.7. The second kappa shape index (κ2) is 36.9. The van der Waals surface area contributed by atoms with E-state index >= 15 is 0 Å². The van der Waals surface area contributed by atoms with Crippen molar-refractivity contribution in [3.63, 3.8) is 0 Å². The fourth-order valence-electron chi connectivity index (χ4n) is 9.82. The van der Waals surface area contributed by atoms with E-state index in [1.54, 1.807) is 98.1 Å². The van der Waals surface area contributed by atoms with Crippen LogP contribution in [-0.4, -0.2) is 189 Å². The first kappa shape index (κ1) is 70.7. The molecule has 0 saturated heterocycles. The number of carbonyl (C=O) groups is 8. The number of carbonyl (C=O) groups excluding carboxylic acids is 8. The molecule has 0 fully saturated rings. The van der Waals surface area contributed by atoms with Gasteiger partial charge in [0.1, 0.15) is 0 Å². The molecule has 0 atom stereocenters. The maximum absolute atomic E-state index is 13.4. The molecule has 8 aromatic rings. The van der Waals surface area contributed by atoms with Crippen molar-refractivity contribution in [1.82, 2.24) is 92.2 Å². The van der Waals surface area contributed by atoms with Gasteiger partial charge in [0.05, 0.1) is 45.6 Å². The Morgan fingerprint density at radius 2 is 0.448 bits per heavy atom. The molecule has 26 nitrogen and oxygen atoms in total. The van der Waals surface area contributed by atoms with Gasteiger partial charge in [-0.25, -0.2) is 0 Å². The highest BCUT2D eigenvalue weighted by molar-refractivity contribution is 5.97. The highest BCUT2D eigenvalue weighted by atomic mass is 16.2. The third kappa shape index (κ3) is 23.5. The van der Waals surface area contributed by atoms with E-state index in [1.807, 2.05) is 86.0 Å². The molecule has 0 aliphatic heterocycles. The van der Waals surface area contributed by atoms with Crippen molar-refractivity contribution in [3.05, 3.63) is 191 Å². The highest BCUT2D eigenvalue weighted by Gasteiger charge is 2.19. The Hall–Kier alpha value is -11.1. The lowest BCUT2D eigenvalue weighted by Gasteiger charge is -2.27. The van der Waals surface area contributed by atoms with Crippen LogP contribution in [0.4, 0.5) is 0 Å². The number of pyridine rings is 8. The molecule has 0 aliphatic rings. The number of aryl methyl sites for hydroxylation is 4. The van der Waals surface area contributed by atoms with E-state index < -0.39 is 0 Å². The van der Waals surface area contributed by atoms with Crippen molar-refractivity contribution in [2.24, 2.45) is 0 Å². The van der Waals surface area contributed by atoms with Crippen LogP contribution in [0.5, 0.6) is 0 Å². The summed E-state index contributed by atoms with van der Waals surface area (Å²) in [5.74, 6) is -2.58. The zero-order valence-corrected chi connectivity index (χ0v) is 54.3. The molecule has 8 amide bonds. The van der Waals surface area contributed by atoms with Crippen LogP contribution in [-0.2, 0) is 19.2 Å². The fraction of sp³-hybridized carbons (Fsp3) is 0.314. The number of amides is 8. The molecule has 0 aliphatic carbocycles. The molecule has 0 bridgehead atoms. The van der Waals surface area contributed by atoms with E-state index in [9.17, 15) is 38.4 Å². The Labute approximate surface area is 557 Å². The van der Waals surface area contributed by atoms with Gasteiger partial charge in [0.2, 0.25) is 23.6 Å². The molecular weight excluding hydrogens is 1220 g/mol. The molecule has 0 unspecified atom stereocenters. The number of aromatic nitrogens is 8. The van der Waals surface area contributed by atoms with E-state index in [2.05, 4.69) is 82.4 Å². The summed E-state index contributed by atoms with van der Waals surface area (Å²) in [4.78, 5) is 145. The zero-order valence-electron chi connectivity index (χ0n) is 54.3. The lowest BCUT2D eigenvalue weighted by atomic mass is 10.1. The van der Waals surface area contributed by atoms with Crippen molar-refractivity contribution >= 4 is 47.3 Å². The zero-order chi connectivity index (χ0) is 68.0. The van der Waals surface area contributed by atoms with E-state index in [0.29, 0.717) is 80.9 Å². The third-order valence-electron chi connectivity index (χ3n) is 15.1. The third-order valence-corrected chi connectivity index (χ3v) is 15.1. The van der Waals surface area contributed by atoms with Gasteiger partial charge in [0.25, 0.3) is 23.6 Å². The predicted molar refractivity (Wildman–Crippen MR) is 362 cm³/mol. The van der Waals surface area contributed by atoms with Crippen molar-refractivity contribution in [1.29, 1.82) is 0 Å². The molecule has 8 heterocycles. The van der Waals surface area contributed by atoms with Crippen molar-refractivity contribution in [2.75, 3.05) is 91.6 Å². The summed E-state index contributed by atoms with van der Waals surface area (Å²) in [7, 11) is 0. The Bertz CT molecular complexity index is 3500. The van der Waals surface area contributed by atoms with E-state index in [-0.39, 0.29) is 151 Å². The average Bonchev–Trinajstić information content (AvgIpc) is 0.927. The van der Waals surface area contributed by atoms with Gasteiger partial charge >= 0.3 is 0 Å². The summed E-state index contributed by atoms with van der Waals surface area (Å²) < 4.78 is 0.